The Balaban J connectivity index is 1.38. The zero-order valence-corrected chi connectivity index (χ0v) is 17.1. The first kappa shape index (κ1) is 18.8. The monoisotopic (exact) mass is 422 g/mol. The van der Waals surface area contributed by atoms with E-state index in [4.69, 9.17) is 16.0 Å². The zero-order valence-electron chi connectivity index (χ0n) is 16.3. The number of fused-ring (bicyclic) bond motifs is 1. The molecule has 3 aromatic rings. The molecule has 0 unspecified atom stereocenters. The van der Waals surface area contributed by atoms with Crippen molar-refractivity contribution in [3.05, 3.63) is 70.1 Å². The van der Waals surface area contributed by atoms with Crippen LogP contribution in [0, 0.1) is 0 Å². The molecule has 1 aliphatic carbocycles. The number of amides is 3. The number of nitrogens with one attached hydrogen (secondary N) is 1. The van der Waals surface area contributed by atoms with E-state index in [0.29, 0.717) is 16.5 Å². The minimum atomic E-state index is -1.12. The summed E-state index contributed by atoms with van der Waals surface area (Å²) in [6.45, 7) is 1.64. The lowest BCUT2D eigenvalue weighted by molar-refractivity contribution is -0.131. The van der Waals surface area contributed by atoms with Gasteiger partial charge in [-0.05, 0) is 67.1 Å². The van der Waals surface area contributed by atoms with Crippen LogP contribution in [0.15, 0.2) is 46.9 Å². The second-order valence-corrected chi connectivity index (χ2v) is 8.23. The Kier molecular flexibility index (Phi) is 4.36. The number of halogens is 1. The molecule has 0 radical (unpaired) electrons. The van der Waals surface area contributed by atoms with E-state index in [0.717, 1.165) is 29.7 Å². The lowest BCUT2D eigenvalue weighted by Crippen LogP contribution is -2.41. The molecule has 7 nitrogen and oxygen atoms in total. The van der Waals surface area contributed by atoms with Crippen LogP contribution in [0.2, 0.25) is 5.02 Å². The van der Waals surface area contributed by atoms with Crippen LogP contribution in [0.1, 0.15) is 35.9 Å². The zero-order chi connectivity index (χ0) is 20.9. The largest absolute Gasteiger partial charge is 0.419 e. The second-order valence-electron chi connectivity index (χ2n) is 7.79. The number of hydrogen-bond donors (Lipinski definition) is 1. The minimum absolute atomic E-state index is 0.0915. The van der Waals surface area contributed by atoms with Gasteiger partial charge in [-0.3, -0.25) is 9.69 Å². The predicted octanol–water partition coefficient (Wildman–Crippen LogP) is 3.85. The molecule has 8 heteroatoms. The highest BCUT2D eigenvalue weighted by atomic mass is 35.5. The van der Waals surface area contributed by atoms with Crippen LogP contribution < -0.4 is 5.32 Å². The molecule has 1 atom stereocenters. The highest BCUT2D eigenvalue weighted by Gasteiger charge is 2.49. The maximum atomic E-state index is 13.2. The van der Waals surface area contributed by atoms with Crippen LogP contribution in [0.4, 0.5) is 4.79 Å². The normalized spacial score (nSPS) is 20.5. The molecule has 152 valence electrons. The van der Waals surface area contributed by atoms with Gasteiger partial charge in [-0.2, -0.15) is 0 Å². The predicted molar refractivity (Wildman–Crippen MR) is 110 cm³/mol. The standard InChI is InChI=1S/C22H19ClN4O3/c1-22(16-8-5-13-3-2-4-15(13)11-16)20(28)27(21(29)24-22)12-18-25-26-19(30-18)14-6-9-17(23)10-7-14/h5-11H,2-4,12H2,1H3,(H,24,29)/t22-/m1/s1. The summed E-state index contributed by atoms with van der Waals surface area (Å²) in [5, 5.41) is 11.4. The second kappa shape index (κ2) is 6.95. The van der Waals surface area contributed by atoms with Gasteiger partial charge in [0.1, 0.15) is 12.1 Å². The Morgan fingerprint density at radius 3 is 2.67 bits per heavy atom. The van der Waals surface area contributed by atoms with E-state index >= 15 is 0 Å². The van der Waals surface area contributed by atoms with E-state index in [1.807, 2.05) is 12.1 Å². The number of imide groups is 1. The first-order valence-corrected chi connectivity index (χ1v) is 10.2. The number of carbonyl (C=O) groups excluding carboxylic acids is 2. The van der Waals surface area contributed by atoms with E-state index < -0.39 is 11.6 Å². The van der Waals surface area contributed by atoms with E-state index in [9.17, 15) is 9.59 Å². The van der Waals surface area contributed by atoms with E-state index in [-0.39, 0.29) is 18.3 Å². The van der Waals surface area contributed by atoms with Crippen molar-refractivity contribution in [3.8, 4) is 11.5 Å². The molecule has 2 aliphatic rings. The number of nitrogens with zero attached hydrogens (tertiary/aromatic N) is 3. The van der Waals surface area contributed by atoms with Gasteiger partial charge in [0.25, 0.3) is 5.91 Å². The van der Waals surface area contributed by atoms with Crippen molar-refractivity contribution in [1.82, 2.24) is 20.4 Å². The van der Waals surface area contributed by atoms with Gasteiger partial charge in [0.15, 0.2) is 0 Å². The first-order valence-electron chi connectivity index (χ1n) is 9.79. The molecule has 1 aromatic heterocycles. The molecule has 30 heavy (non-hydrogen) atoms. The Morgan fingerprint density at radius 2 is 1.87 bits per heavy atom. The van der Waals surface area contributed by atoms with Gasteiger partial charge in [-0.15, -0.1) is 10.2 Å². The summed E-state index contributed by atoms with van der Waals surface area (Å²) in [6.07, 6.45) is 3.18. The molecule has 0 spiro atoms. The van der Waals surface area contributed by atoms with Crippen LogP contribution in [0.3, 0.4) is 0 Å². The van der Waals surface area contributed by atoms with Crippen molar-refractivity contribution in [2.45, 2.75) is 38.3 Å². The number of aromatic nitrogens is 2. The van der Waals surface area contributed by atoms with Gasteiger partial charge in [-0.1, -0.05) is 29.8 Å². The molecule has 1 N–H and O–H groups in total. The Hall–Kier alpha value is -3.19. The van der Waals surface area contributed by atoms with Crippen LogP contribution in [-0.2, 0) is 29.7 Å². The number of urea groups is 1. The Bertz CT molecular complexity index is 1160. The van der Waals surface area contributed by atoms with Gasteiger partial charge >= 0.3 is 6.03 Å². The third kappa shape index (κ3) is 3.06. The molecule has 0 saturated carbocycles. The van der Waals surface area contributed by atoms with Crippen molar-refractivity contribution in [2.75, 3.05) is 0 Å². The lowest BCUT2D eigenvalue weighted by Gasteiger charge is -2.23. The molecule has 0 bridgehead atoms. The molecular formula is C22H19ClN4O3. The summed E-state index contributed by atoms with van der Waals surface area (Å²) < 4.78 is 5.66. The molecule has 2 aromatic carbocycles. The maximum Gasteiger partial charge on any atom is 0.325 e. The van der Waals surface area contributed by atoms with E-state index in [1.54, 1.807) is 31.2 Å². The fourth-order valence-corrected chi connectivity index (χ4v) is 4.21. The van der Waals surface area contributed by atoms with Gasteiger partial charge < -0.3 is 9.73 Å². The summed E-state index contributed by atoms with van der Waals surface area (Å²) in [5.41, 5.74) is 2.94. The van der Waals surface area contributed by atoms with Crippen molar-refractivity contribution < 1.29 is 14.0 Å². The average Bonchev–Trinajstić information content (AvgIpc) is 3.44. The van der Waals surface area contributed by atoms with E-state index in [1.165, 1.54) is 11.1 Å². The van der Waals surface area contributed by atoms with Crippen LogP contribution in [0.5, 0.6) is 0 Å². The van der Waals surface area contributed by atoms with Crippen molar-refractivity contribution >= 4 is 23.5 Å². The molecular weight excluding hydrogens is 404 g/mol. The Morgan fingerprint density at radius 1 is 1.10 bits per heavy atom. The highest BCUT2D eigenvalue weighted by molar-refractivity contribution is 6.30. The minimum Gasteiger partial charge on any atom is -0.419 e. The lowest BCUT2D eigenvalue weighted by atomic mass is 9.90. The van der Waals surface area contributed by atoms with Crippen LogP contribution in [0.25, 0.3) is 11.5 Å². The van der Waals surface area contributed by atoms with Gasteiger partial charge in [0.2, 0.25) is 11.8 Å². The molecule has 5 rings (SSSR count). The molecule has 1 fully saturated rings. The fraction of sp³-hybridized carbons (Fsp3) is 0.273. The molecule has 2 heterocycles. The summed E-state index contributed by atoms with van der Waals surface area (Å²) in [5.74, 6) is 0.147. The Labute approximate surface area is 178 Å². The van der Waals surface area contributed by atoms with Crippen LogP contribution >= 0.6 is 11.6 Å². The number of benzene rings is 2. The van der Waals surface area contributed by atoms with Crippen LogP contribution in [-0.4, -0.2) is 27.0 Å². The number of rotatable bonds is 4. The number of hydrogen-bond acceptors (Lipinski definition) is 5. The first-order chi connectivity index (χ1) is 14.4. The summed E-state index contributed by atoms with van der Waals surface area (Å²) >= 11 is 5.90. The number of carbonyl (C=O) groups is 2. The van der Waals surface area contributed by atoms with E-state index in [2.05, 4.69) is 21.6 Å². The van der Waals surface area contributed by atoms with Gasteiger partial charge in [0.05, 0.1) is 0 Å². The van der Waals surface area contributed by atoms with Crippen molar-refractivity contribution in [1.29, 1.82) is 0 Å². The average molecular weight is 423 g/mol. The number of aryl methyl sites for hydroxylation is 2. The SMILES string of the molecule is C[C@]1(c2ccc3c(c2)CCC3)NC(=O)N(Cc2nnc(-c3ccc(Cl)cc3)o2)C1=O. The fourth-order valence-electron chi connectivity index (χ4n) is 4.08. The molecule has 1 aliphatic heterocycles. The maximum absolute atomic E-state index is 13.2. The van der Waals surface area contributed by atoms with Crippen molar-refractivity contribution in [2.24, 2.45) is 0 Å². The molecule has 3 amide bonds. The van der Waals surface area contributed by atoms with Crippen molar-refractivity contribution in [3.63, 3.8) is 0 Å². The molecule has 1 saturated heterocycles. The van der Waals surface area contributed by atoms with Gasteiger partial charge in [0, 0.05) is 10.6 Å². The third-order valence-corrected chi connectivity index (χ3v) is 6.05. The highest BCUT2D eigenvalue weighted by Crippen LogP contribution is 2.33. The topological polar surface area (TPSA) is 88.3 Å². The third-order valence-electron chi connectivity index (χ3n) is 5.80. The van der Waals surface area contributed by atoms with Gasteiger partial charge in [-0.25, -0.2) is 4.79 Å². The quantitative estimate of drug-likeness (QED) is 0.645. The summed E-state index contributed by atoms with van der Waals surface area (Å²) in [6, 6.07) is 12.5. The summed E-state index contributed by atoms with van der Waals surface area (Å²) in [4.78, 5) is 26.9. The smallest absolute Gasteiger partial charge is 0.325 e. The summed E-state index contributed by atoms with van der Waals surface area (Å²) in [7, 11) is 0.